The molecule has 0 N–H and O–H groups in total. The number of esters is 2. The van der Waals surface area contributed by atoms with E-state index in [1.165, 1.54) is 70.6 Å². The first-order valence-electron chi connectivity index (χ1n) is 13.0. The van der Waals surface area contributed by atoms with Crippen LogP contribution in [0.4, 0.5) is 0 Å². The molecule has 0 saturated carbocycles. The highest BCUT2D eigenvalue weighted by atomic mass is 16.6. The van der Waals surface area contributed by atoms with E-state index in [9.17, 15) is 9.59 Å². The smallest absolute Gasteiger partial charge is 0.309 e. The van der Waals surface area contributed by atoms with Crippen molar-refractivity contribution in [1.29, 1.82) is 0 Å². The van der Waals surface area contributed by atoms with Crippen molar-refractivity contribution in [2.45, 2.75) is 136 Å². The normalized spacial score (nSPS) is 12.0. The van der Waals surface area contributed by atoms with Crippen molar-refractivity contribution in [3.63, 3.8) is 0 Å². The van der Waals surface area contributed by atoms with Gasteiger partial charge in [0.15, 0.2) is 0 Å². The summed E-state index contributed by atoms with van der Waals surface area (Å²) < 4.78 is 10.4. The average molecular weight is 427 g/mol. The van der Waals surface area contributed by atoms with Crippen molar-refractivity contribution >= 4 is 11.9 Å². The Morgan fingerprint density at radius 2 is 1.07 bits per heavy atom. The molecule has 0 heterocycles. The molecule has 4 heteroatoms. The molecule has 0 aliphatic rings. The summed E-state index contributed by atoms with van der Waals surface area (Å²) in [7, 11) is 0. The second-order valence-corrected chi connectivity index (χ2v) is 8.63. The van der Waals surface area contributed by atoms with Crippen LogP contribution in [-0.4, -0.2) is 25.2 Å². The van der Waals surface area contributed by atoms with Gasteiger partial charge in [-0.15, -0.1) is 0 Å². The molecule has 1 atom stereocenters. The quantitative estimate of drug-likeness (QED) is 0.131. The molecule has 0 amide bonds. The predicted molar refractivity (Wildman–Crippen MR) is 126 cm³/mol. The van der Waals surface area contributed by atoms with Crippen LogP contribution < -0.4 is 0 Å². The second kappa shape index (κ2) is 22.6. The summed E-state index contributed by atoms with van der Waals surface area (Å²) in [4.78, 5) is 23.7. The zero-order valence-electron chi connectivity index (χ0n) is 20.4. The molecule has 0 bridgehead atoms. The van der Waals surface area contributed by atoms with Gasteiger partial charge in [-0.2, -0.15) is 0 Å². The van der Waals surface area contributed by atoms with E-state index in [1.54, 1.807) is 0 Å². The van der Waals surface area contributed by atoms with Gasteiger partial charge in [0.25, 0.3) is 0 Å². The molecule has 0 aromatic rings. The third-order valence-corrected chi connectivity index (χ3v) is 5.81. The third kappa shape index (κ3) is 18.9. The molecule has 0 aromatic heterocycles. The van der Waals surface area contributed by atoms with Crippen molar-refractivity contribution in [1.82, 2.24) is 0 Å². The Hall–Kier alpha value is -1.06. The SMILES string of the molecule is CCCCCCCCCCCCCCCC(=O)OCCOC(=O)C(CC)CCCC. The maximum absolute atomic E-state index is 12.0. The molecule has 178 valence electrons. The van der Waals surface area contributed by atoms with Gasteiger partial charge in [0.1, 0.15) is 13.2 Å². The maximum atomic E-state index is 12.0. The number of hydrogen-bond donors (Lipinski definition) is 0. The lowest BCUT2D eigenvalue weighted by Crippen LogP contribution is -2.20. The summed E-state index contributed by atoms with van der Waals surface area (Å²) in [5.41, 5.74) is 0. The third-order valence-electron chi connectivity index (χ3n) is 5.81. The highest BCUT2D eigenvalue weighted by Crippen LogP contribution is 2.15. The fourth-order valence-electron chi connectivity index (χ4n) is 3.71. The van der Waals surface area contributed by atoms with E-state index in [-0.39, 0.29) is 31.1 Å². The van der Waals surface area contributed by atoms with E-state index in [4.69, 9.17) is 9.47 Å². The Morgan fingerprint density at radius 3 is 1.57 bits per heavy atom. The first kappa shape index (κ1) is 28.9. The Labute approximate surface area is 186 Å². The molecule has 0 fully saturated rings. The zero-order valence-corrected chi connectivity index (χ0v) is 20.4. The first-order chi connectivity index (χ1) is 14.7. The van der Waals surface area contributed by atoms with Crippen molar-refractivity contribution in [2.24, 2.45) is 5.92 Å². The molecular weight excluding hydrogens is 376 g/mol. The van der Waals surface area contributed by atoms with Gasteiger partial charge in [-0.1, -0.05) is 111 Å². The lowest BCUT2D eigenvalue weighted by molar-refractivity contribution is -0.155. The Bertz CT molecular complexity index is 394. The van der Waals surface area contributed by atoms with E-state index < -0.39 is 0 Å². The summed E-state index contributed by atoms with van der Waals surface area (Å²) in [5, 5.41) is 0. The van der Waals surface area contributed by atoms with Crippen LogP contribution in [0.3, 0.4) is 0 Å². The minimum Gasteiger partial charge on any atom is -0.462 e. The molecule has 0 aliphatic heterocycles. The summed E-state index contributed by atoms with van der Waals surface area (Å²) in [6.07, 6.45) is 21.1. The van der Waals surface area contributed by atoms with Gasteiger partial charge >= 0.3 is 11.9 Å². The van der Waals surface area contributed by atoms with Gasteiger partial charge in [-0.05, 0) is 19.3 Å². The zero-order chi connectivity index (χ0) is 22.3. The lowest BCUT2D eigenvalue weighted by Gasteiger charge is -2.13. The van der Waals surface area contributed by atoms with Crippen LogP contribution in [0.15, 0.2) is 0 Å². The summed E-state index contributed by atoms with van der Waals surface area (Å²) in [6, 6.07) is 0. The van der Waals surface area contributed by atoms with Crippen LogP contribution in [0, 0.1) is 5.92 Å². The molecule has 0 spiro atoms. The van der Waals surface area contributed by atoms with E-state index in [0.717, 1.165) is 38.5 Å². The van der Waals surface area contributed by atoms with Crippen LogP contribution in [0.2, 0.25) is 0 Å². The molecule has 0 radical (unpaired) electrons. The summed E-state index contributed by atoms with van der Waals surface area (Å²) in [6.45, 7) is 6.74. The van der Waals surface area contributed by atoms with E-state index in [0.29, 0.717) is 6.42 Å². The number of unbranched alkanes of at least 4 members (excludes halogenated alkanes) is 13. The average Bonchev–Trinajstić information content (AvgIpc) is 2.75. The topological polar surface area (TPSA) is 52.6 Å². The molecule has 0 rings (SSSR count). The van der Waals surface area contributed by atoms with Crippen molar-refractivity contribution in [3.05, 3.63) is 0 Å². The molecule has 0 aliphatic carbocycles. The van der Waals surface area contributed by atoms with Crippen LogP contribution in [0.25, 0.3) is 0 Å². The first-order valence-corrected chi connectivity index (χ1v) is 13.0. The number of carbonyl (C=O) groups excluding carboxylic acids is 2. The van der Waals surface area contributed by atoms with Gasteiger partial charge in [0.2, 0.25) is 0 Å². The van der Waals surface area contributed by atoms with Crippen molar-refractivity contribution in [3.8, 4) is 0 Å². The number of hydrogen-bond acceptors (Lipinski definition) is 4. The van der Waals surface area contributed by atoms with Crippen LogP contribution in [0.5, 0.6) is 0 Å². The molecule has 1 unspecified atom stereocenters. The molecule has 30 heavy (non-hydrogen) atoms. The monoisotopic (exact) mass is 426 g/mol. The summed E-state index contributed by atoms with van der Waals surface area (Å²) >= 11 is 0. The number of ether oxygens (including phenoxy) is 2. The summed E-state index contributed by atoms with van der Waals surface area (Å²) in [5.74, 6) is -0.350. The Morgan fingerprint density at radius 1 is 0.600 bits per heavy atom. The highest BCUT2D eigenvalue weighted by Gasteiger charge is 2.17. The molecule has 0 aromatic carbocycles. The minimum absolute atomic E-state index is 0.0218. The predicted octanol–water partition coefficient (Wildman–Crippen LogP) is 7.77. The number of carbonyl (C=O) groups is 2. The lowest BCUT2D eigenvalue weighted by atomic mass is 10.00. The van der Waals surface area contributed by atoms with Crippen molar-refractivity contribution < 1.29 is 19.1 Å². The van der Waals surface area contributed by atoms with E-state index >= 15 is 0 Å². The van der Waals surface area contributed by atoms with E-state index in [2.05, 4.69) is 13.8 Å². The van der Waals surface area contributed by atoms with Crippen LogP contribution >= 0.6 is 0 Å². The molecular formula is C26H50O4. The maximum Gasteiger partial charge on any atom is 0.309 e. The number of rotatable bonds is 22. The van der Waals surface area contributed by atoms with Gasteiger partial charge in [-0.25, -0.2) is 0 Å². The van der Waals surface area contributed by atoms with Gasteiger partial charge < -0.3 is 9.47 Å². The highest BCUT2D eigenvalue weighted by molar-refractivity contribution is 5.72. The second-order valence-electron chi connectivity index (χ2n) is 8.63. The van der Waals surface area contributed by atoms with Crippen LogP contribution in [0.1, 0.15) is 136 Å². The van der Waals surface area contributed by atoms with Gasteiger partial charge in [0, 0.05) is 6.42 Å². The Balaban J connectivity index is 3.41. The standard InChI is InChI=1S/C26H50O4/c1-4-7-9-10-11-12-13-14-15-16-17-18-19-21-25(27)29-22-23-30-26(28)24(6-3)20-8-5-2/h24H,4-23H2,1-3H3. The van der Waals surface area contributed by atoms with E-state index in [1.807, 2.05) is 6.92 Å². The minimum atomic E-state index is -0.174. The molecule has 4 nitrogen and oxygen atoms in total. The van der Waals surface area contributed by atoms with Crippen molar-refractivity contribution in [2.75, 3.05) is 13.2 Å². The van der Waals surface area contributed by atoms with Gasteiger partial charge in [0.05, 0.1) is 5.92 Å². The van der Waals surface area contributed by atoms with Crippen LogP contribution in [-0.2, 0) is 19.1 Å². The largest absolute Gasteiger partial charge is 0.462 e. The molecule has 0 saturated heterocycles. The fraction of sp³-hybridized carbons (Fsp3) is 0.923. The Kier molecular flexibility index (Phi) is 21.8. The fourth-order valence-corrected chi connectivity index (χ4v) is 3.71. The van der Waals surface area contributed by atoms with Gasteiger partial charge in [-0.3, -0.25) is 9.59 Å².